The summed E-state index contributed by atoms with van der Waals surface area (Å²) < 4.78 is 6.14. The second kappa shape index (κ2) is 14.7. The van der Waals surface area contributed by atoms with Crippen LogP contribution in [0.25, 0.3) is 0 Å². The van der Waals surface area contributed by atoms with Gasteiger partial charge in [0.15, 0.2) is 0 Å². The molecule has 0 aliphatic carbocycles. The quantitative estimate of drug-likeness (QED) is 0.456. The van der Waals surface area contributed by atoms with Crippen LogP contribution in [0.5, 0.6) is 0 Å². The molecule has 0 saturated carbocycles. The average Bonchev–Trinajstić information content (AvgIpc) is 2.87. The second-order valence-electron chi connectivity index (χ2n) is 7.92. The largest absolute Gasteiger partial charge is 0.483 e. The van der Waals surface area contributed by atoms with Crippen molar-refractivity contribution in [1.82, 2.24) is 14.8 Å². The molecule has 4 N–H and O–H groups in total. The number of carbonyl (C=O) groups excluding carboxylic acids is 1. The van der Waals surface area contributed by atoms with Gasteiger partial charge >= 0.3 is 0 Å². The Kier molecular flexibility index (Phi) is 11.6. The van der Waals surface area contributed by atoms with E-state index in [-0.39, 0.29) is 48.2 Å². The van der Waals surface area contributed by atoms with Crippen LogP contribution in [0.15, 0.2) is 53.5 Å². The summed E-state index contributed by atoms with van der Waals surface area (Å²) >= 11 is 0. The van der Waals surface area contributed by atoms with E-state index < -0.39 is 0 Å². The fraction of sp³-hybridized carbons (Fsp3) is 0.417. The van der Waals surface area contributed by atoms with E-state index in [0.29, 0.717) is 19.7 Å². The number of nitrogens with one attached hydrogen (secondary N) is 1. The molecule has 190 valence electrons. The third-order valence-electron chi connectivity index (χ3n) is 5.80. The van der Waals surface area contributed by atoms with Gasteiger partial charge in [-0.25, -0.2) is 0 Å². The number of carboxylic acid groups (broad SMARTS) is 2. The number of nitrogens with zero attached hydrogens (tertiary/aromatic N) is 2. The van der Waals surface area contributed by atoms with Crippen molar-refractivity contribution in [2.45, 2.75) is 31.1 Å². The van der Waals surface area contributed by atoms with Gasteiger partial charge in [0, 0.05) is 32.4 Å². The number of likely N-dealkylation sites (tertiary alicyclic amines) is 1. The summed E-state index contributed by atoms with van der Waals surface area (Å²) in [6.07, 6.45) is 2.61. The summed E-state index contributed by atoms with van der Waals surface area (Å²) in [5.74, 6) is -0.275. The van der Waals surface area contributed by atoms with Gasteiger partial charge < -0.3 is 34.8 Å². The Bertz CT molecular complexity index is 970. The monoisotopic (exact) mass is 489 g/mol. The van der Waals surface area contributed by atoms with Crippen molar-refractivity contribution in [2.75, 3.05) is 32.8 Å². The van der Waals surface area contributed by atoms with Crippen LogP contribution in [0, 0.1) is 0 Å². The Morgan fingerprint density at radius 1 is 1.03 bits per heavy atom. The van der Waals surface area contributed by atoms with Crippen LogP contribution < -0.4 is 5.56 Å². The molecule has 35 heavy (non-hydrogen) atoms. The maximum absolute atomic E-state index is 13.3. The number of aromatic nitrogens is 1. The summed E-state index contributed by atoms with van der Waals surface area (Å²) in [4.78, 5) is 48.9. The molecule has 2 aliphatic rings. The van der Waals surface area contributed by atoms with Crippen LogP contribution in [0.2, 0.25) is 0 Å². The van der Waals surface area contributed by atoms with Gasteiger partial charge in [-0.1, -0.05) is 30.3 Å². The van der Waals surface area contributed by atoms with E-state index in [0.717, 1.165) is 31.5 Å². The van der Waals surface area contributed by atoms with Crippen LogP contribution in [-0.2, 0) is 14.3 Å². The Labute approximate surface area is 202 Å². The van der Waals surface area contributed by atoms with Gasteiger partial charge in [0.2, 0.25) is 0 Å². The molecule has 3 heterocycles. The van der Waals surface area contributed by atoms with Crippen LogP contribution >= 0.6 is 0 Å². The zero-order valence-corrected chi connectivity index (χ0v) is 19.2. The highest BCUT2D eigenvalue weighted by Gasteiger charge is 2.38. The molecule has 1 aromatic heterocycles. The first kappa shape index (κ1) is 27.7. The van der Waals surface area contributed by atoms with Crippen LogP contribution in [0.3, 0.4) is 0 Å². The lowest BCUT2D eigenvalue weighted by Gasteiger charge is -2.43. The fourth-order valence-electron chi connectivity index (χ4n) is 4.26. The Morgan fingerprint density at radius 2 is 1.66 bits per heavy atom. The average molecular weight is 490 g/mol. The number of benzene rings is 1. The third kappa shape index (κ3) is 8.02. The molecule has 2 aromatic rings. The molecule has 4 rings (SSSR count). The number of aromatic amines is 1. The number of ether oxygens (including phenoxy) is 1. The highest BCUT2D eigenvalue weighted by molar-refractivity contribution is 5.94. The van der Waals surface area contributed by atoms with E-state index in [2.05, 4.69) is 9.88 Å². The molecule has 1 amide bonds. The molecule has 11 heteroatoms. The number of H-pyrrole nitrogens is 1. The van der Waals surface area contributed by atoms with Gasteiger partial charge in [-0.2, -0.15) is 0 Å². The second-order valence-corrected chi connectivity index (χ2v) is 7.92. The number of piperidine rings is 1. The number of amides is 1. The molecule has 0 bridgehead atoms. The number of hydrogen-bond acceptors (Lipinski definition) is 7. The first-order valence-corrected chi connectivity index (χ1v) is 11.2. The van der Waals surface area contributed by atoms with E-state index in [9.17, 15) is 14.7 Å². The van der Waals surface area contributed by atoms with Crippen LogP contribution in [-0.4, -0.2) is 93.9 Å². The van der Waals surface area contributed by atoms with Gasteiger partial charge in [0.05, 0.1) is 24.9 Å². The van der Waals surface area contributed by atoms with Gasteiger partial charge in [-0.15, -0.1) is 0 Å². The molecular formula is C24H31N3O8. The Balaban J connectivity index is 0.000000655. The SMILES string of the molecule is O=C(c1ccc[nH]c1=O)N1CCO[C@@H](CN2CCC(O)CC2)[C@@H]1c1ccccc1.O=CO.O=CO. The highest BCUT2D eigenvalue weighted by atomic mass is 16.5. The third-order valence-corrected chi connectivity index (χ3v) is 5.80. The van der Waals surface area contributed by atoms with E-state index >= 15 is 0 Å². The van der Waals surface area contributed by atoms with Gasteiger partial charge in [-0.3, -0.25) is 19.2 Å². The summed E-state index contributed by atoms with van der Waals surface area (Å²) in [5.41, 5.74) is 0.766. The Morgan fingerprint density at radius 3 is 2.26 bits per heavy atom. The van der Waals surface area contributed by atoms with Crippen molar-refractivity contribution in [3.8, 4) is 0 Å². The summed E-state index contributed by atoms with van der Waals surface area (Å²) in [7, 11) is 0. The number of pyridine rings is 1. The normalized spacial score (nSPS) is 20.4. The molecule has 2 fully saturated rings. The molecule has 2 saturated heterocycles. The first-order valence-electron chi connectivity index (χ1n) is 11.2. The van der Waals surface area contributed by atoms with Gasteiger partial charge in [-0.05, 0) is 30.5 Å². The summed E-state index contributed by atoms with van der Waals surface area (Å²) in [5, 5.41) is 23.6. The van der Waals surface area contributed by atoms with Gasteiger partial charge in [0.1, 0.15) is 5.56 Å². The molecule has 11 nitrogen and oxygen atoms in total. The Hall–Kier alpha value is -3.54. The topological polar surface area (TPSA) is 160 Å². The minimum absolute atomic E-state index is 0.148. The van der Waals surface area contributed by atoms with Crippen molar-refractivity contribution in [3.63, 3.8) is 0 Å². The van der Waals surface area contributed by atoms with Crippen molar-refractivity contribution < 1.29 is 34.4 Å². The summed E-state index contributed by atoms with van der Waals surface area (Å²) in [6, 6.07) is 12.8. The van der Waals surface area contributed by atoms with Crippen molar-refractivity contribution in [2.24, 2.45) is 0 Å². The number of aliphatic hydroxyl groups excluding tert-OH is 1. The van der Waals surface area contributed by atoms with Crippen molar-refractivity contribution >= 4 is 18.9 Å². The van der Waals surface area contributed by atoms with Crippen molar-refractivity contribution in [3.05, 3.63) is 70.1 Å². The lowest BCUT2D eigenvalue weighted by atomic mass is 9.96. The molecule has 0 spiro atoms. The standard InChI is InChI=1S/C22H27N3O4.2CH2O2/c26-17-8-11-24(12-9-17)15-19-20(16-5-2-1-3-6-16)25(13-14-29-19)22(28)18-7-4-10-23-21(18)27;2*2-1-3/h1-7,10,17,19-20,26H,8-9,11-15H2,(H,23,27);2*1H,(H,2,3)/t19-,20-;;/m0../s1. The number of morpholine rings is 1. The molecule has 0 unspecified atom stereocenters. The van der Waals surface area contributed by atoms with Crippen molar-refractivity contribution in [1.29, 1.82) is 0 Å². The minimum Gasteiger partial charge on any atom is -0.483 e. The number of aliphatic hydroxyl groups is 1. The molecule has 1 aromatic carbocycles. The highest BCUT2D eigenvalue weighted by Crippen LogP contribution is 2.31. The number of hydrogen-bond donors (Lipinski definition) is 4. The fourth-order valence-corrected chi connectivity index (χ4v) is 4.26. The molecular weight excluding hydrogens is 458 g/mol. The maximum Gasteiger partial charge on any atom is 0.290 e. The van der Waals surface area contributed by atoms with E-state index in [1.54, 1.807) is 17.0 Å². The number of carbonyl (C=O) groups is 3. The van der Waals surface area contributed by atoms with E-state index in [1.807, 2.05) is 30.3 Å². The maximum atomic E-state index is 13.3. The van der Waals surface area contributed by atoms with Crippen LogP contribution in [0.1, 0.15) is 34.8 Å². The molecule has 2 aliphatic heterocycles. The smallest absolute Gasteiger partial charge is 0.290 e. The predicted octanol–water partition coefficient (Wildman–Crippen LogP) is 0.816. The lowest BCUT2D eigenvalue weighted by molar-refractivity contribution is -0.123. The van der Waals surface area contributed by atoms with Crippen LogP contribution in [0.4, 0.5) is 0 Å². The number of rotatable bonds is 4. The first-order chi connectivity index (χ1) is 17.0. The lowest BCUT2D eigenvalue weighted by Crippen LogP contribution is -2.53. The zero-order chi connectivity index (χ0) is 25.6. The minimum atomic E-state index is -0.377. The van der Waals surface area contributed by atoms with Gasteiger partial charge in [0.25, 0.3) is 24.4 Å². The van der Waals surface area contributed by atoms with E-state index in [4.69, 9.17) is 24.5 Å². The predicted molar refractivity (Wildman–Crippen MR) is 126 cm³/mol. The molecule has 0 radical (unpaired) electrons. The summed E-state index contributed by atoms with van der Waals surface area (Å²) in [6.45, 7) is 2.67. The molecule has 2 atom stereocenters. The van der Waals surface area contributed by atoms with E-state index in [1.165, 1.54) is 6.20 Å². The zero-order valence-electron chi connectivity index (χ0n) is 19.2.